The van der Waals surface area contributed by atoms with Gasteiger partial charge in [-0.15, -0.1) is 0 Å². The van der Waals surface area contributed by atoms with Crippen LogP contribution in [0.4, 0.5) is 0 Å². The van der Waals surface area contributed by atoms with Crippen molar-refractivity contribution in [1.82, 2.24) is 6.15 Å². The van der Waals surface area contributed by atoms with E-state index in [1.165, 1.54) is 5.40 Å². The molecule has 0 aliphatic heterocycles. The summed E-state index contributed by atoms with van der Waals surface area (Å²) in [6, 6.07) is 0. The molecule has 0 saturated carbocycles. The fraction of sp³-hybridized carbons (Fsp3) is 0. The first kappa shape index (κ1) is 17.0. The third-order valence-electron chi connectivity index (χ3n) is 0. The maximum atomic E-state index is 7.18. The summed E-state index contributed by atoms with van der Waals surface area (Å²) >= 11 is 3.09. The zero-order valence-corrected chi connectivity index (χ0v) is 6.00. The molecule has 1 radical (unpaired) electrons. The summed E-state index contributed by atoms with van der Waals surface area (Å²) in [4.78, 5) is 0. The molecule has 0 fully saturated rings. The van der Waals surface area contributed by atoms with Crippen molar-refractivity contribution in [3.8, 4) is 5.40 Å². The fourth-order valence-electron chi connectivity index (χ4n) is 0. The molecule has 0 aliphatic carbocycles. The average Bonchev–Trinajstić information content (AvgIpc) is 0.918. The van der Waals surface area contributed by atoms with Crippen LogP contribution in [0.5, 0.6) is 0 Å². The molecule has 25 valence electrons. The van der Waals surface area contributed by atoms with E-state index in [1.807, 2.05) is 0 Å². The molecule has 5 heavy (non-hydrogen) atoms. The predicted molar refractivity (Wildman–Crippen MR) is 25.4 cm³/mol. The van der Waals surface area contributed by atoms with Crippen molar-refractivity contribution in [2.45, 2.75) is 0 Å². The Hall–Kier alpha value is 0.800. The van der Waals surface area contributed by atoms with Gasteiger partial charge in [-0.05, 0) is 0 Å². The molecule has 2 nitrogen and oxygen atoms in total. The van der Waals surface area contributed by atoms with Crippen LogP contribution in [0.25, 0.3) is 0 Å². The molecule has 0 aliphatic rings. The molecule has 0 aromatic heterocycles. The van der Waals surface area contributed by atoms with Gasteiger partial charge in [0.25, 0.3) is 0 Å². The van der Waals surface area contributed by atoms with Crippen molar-refractivity contribution >= 4 is 42.2 Å². The molecule has 0 aromatic carbocycles. The normalized spacial score (nSPS) is 1.60. The molecule has 4 heteroatoms. The summed E-state index contributed by atoms with van der Waals surface area (Å²) in [5, 5.41) is 8.63. The Morgan fingerprint density at radius 1 is 1.60 bits per heavy atom. The summed E-state index contributed by atoms with van der Waals surface area (Å²) in [6.45, 7) is 0. The Balaban J connectivity index is -0.0000000200. The summed E-state index contributed by atoms with van der Waals surface area (Å²) in [5.41, 5.74) is 0. The van der Waals surface area contributed by atoms with Gasteiger partial charge in [-0.1, -0.05) is 12.6 Å². The van der Waals surface area contributed by atoms with Crippen LogP contribution in [-0.4, -0.2) is 29.6 Å². The molecule has 0 saturated heterocycles. The minimum atomic E-state index is 0. The SMILES string of the molecule is N.N#CS.[Na]. The molecule has 0 heterocycles. The van der Waals surface area contributed by atoms with Crippen LogP contribution >= 0.6 is 12.6 Å². The standard InChI is InChI=1S/CHNS.H3N.Na/c2-1-3;;/h3H;1H3;. The summed E-state index contributed by atoms with van der Waals surface area (Å²) in [5.74, 6) is 0. The van der Waals surface area contributed by atoms with Crippen molar-refractivity contribution < 1.29 is 0 Å². The van der Waals surface area contributed by atoms with Gasteiger partial charge in [-0.3, -0.25) is 0 Å². The second-order valence-corrected chi connectivity index (χ2v) is 0.300. The molecule has 0 rings (SSSR count). The number of rotatable bonds is 0. The second-order valence-electron chi connectivity index (χ2n) is 0.100. The molecule has 0 spiro atoms. The van der Waals surface area contributed by atoms with Gasteiger partial charge in [0.2, 0.25) is 0 Å². The van der Waals surface area contributed by atoms with Crippen LogP contribution in [0.1, 0.15) is 0 Å². The van der Waals surface area contributed by atoms with E-state index in [0.717, 1.165) is 0 Å². The summed E-state index contributed by atoms with van der Waals surface area (Å²) in [7, 11) is 0. The van der Waals surface area contributed by atoms with Crippen molar-refractivity contribution in [2.24, 2.45) is 0 Å². The van der Waals surface area contributed by atoms with Crippen molar-refractivity contribution in [2.75, 3.05) is 0 Å². The predicted octanol–water partition coefficient (Wildman–Crippen LogP) is 0.178. The monoisotopic (exact) mass is 99.0 g/mol. The number of nitrogens with zero attached hydrogens (tertiary/aromatic N) is 1. The zero-order chi connectivity index (χ0) is 2.71. The average molecular weight is 99.1 g/mol. The van der Waals surface area contributed by atoms with Crippen molar-refractivity contribution in [1.29, 1.82) is 5.26 Å². The smallest absolute Gasteiger partial charge is 0.130 e. The third kappa shape index (κ3) is 58.8. The van der Waals surface area contributed by atoms with E-state index in [4.69, 9.17) is 5.26 Å². The molecule has 0 bridgehead atoms. The minimum absolute atomic E-state index is 0. The van der Waals surface area contributed by atoms with E-state index in [9.17, 15) is 0 Å². The van der Waals surface area contributed by atoms with E-state index in [-0.39, 0.29) is 35.7 Å². The summed E-state index contributed by atoms with van der Waals surface area (Å²) < 4.78 is 0. The Morgan fingerprint density at radius 2 is 1.60 bits per heavy atom. The number of thiocyanates is 1. The first-order valence-electron chi connectivity index (χ1n) is 0.447. The molecule has 0 amide bonds. The van der Waals surface area contributed by atoms with Gasteiger partial charge in [0.1, 0.15) is 5.40 Å². The van der Waals surface area contributed by atoms with Gasteiger partial charge in [0.05, 0.1) is 0 Å². The van der Waals surface area contributed by atoms with Gasteiger partial charge >= 0.3 is 0 Å². The molecular formula is CH4N2NaS. The first-order chi connectivity index (χ1) is 1.41. The Bertz CT molecular complexity index is 31.1. The maximum absolute atomic E-state index is 7.18. The van der Waals surface area contributed by atoms with E-state index in [1.54, 1.807) is 0 Å². The molecule has 0 aromatic rings. The zero-order valence-electron chi connectivity index (χ0n) is 3.10. The summed E-state index contributed by atoms with van der Waals surface area (Å²) in [6.07, 6.45) is 0. The Labute approximate surface area is 58.8 Å². The first-order valence-corrected chi connectivity index (χ1v) is 0.894. The Kier molecular flexibility index (Phi) is 72.9. The van der Waals surface area contributed by atoms with Crippen molar-refractivity contribution in [3.05, 3.63) is 0 Å². The van der Waals surface area contributed by atoms with Gasteiger partial charge in [0.15, 0.2) is 0 Å². The van der Waals surface area contributed by atoms with Gasteiger partial charge in [0, 0.05) is 29.6 Å². The van der Waals surface area contributed by atoms with Gasteiger partial charge in [-0.2, -0.15) is 5.26 Å². The van der Waals surface area contributed by atoms with Crippen LogP contribution in [0, 0.1) is 10.7 Å². The van der Waals surface area contributed by atoms with Crippen LogP contribution in [0.2, 0.25) is 0 Å². The van der Waals surface area contributed by atoms with Crippen LogP contribution in [0.3, 0.4) is 0 Å². The topological polar surface area (TPSA) is 58.8 Å². The van der Waals surface area contributed by atoms with E-state index < -0.39 is 0 Å². The number of thiol groups is 1. The Morgan fingerprint density at radius 3 is 1.60 bits per heavy atom. The van der Waals surface area contributed by atoms with Crippen LogP contribution in [0.15, 0.2) is 0 Å². The molecule has 0 unspecified atom stereocenters. The van der Waals surface area contributed by atoms with E-state index >= 15 is 0 Å². The van der Waals surface area contributed by atoms with Crippen molar-refractivity contribution in [3.63, 3.8) is 0 Å². The molecular weight excluding hydrogens is 95.1 g/mol. The number of hydrogen-bond acceptors (Lipinski definition) is 3. The van der Waals surface area contributed by atoms with Gasteiger partial charge < -0.3 is 6.15 Å². The van der Waals surface area contributed by atoms with Crippen LogP contribution in [-0.2, 0) is 0 Å². The molecule has 3 N–H and O–H groups in total. The van der Waals surface area contributed by atoms with E-state index in [0.29, 0.717) is 0 Å². The maximum Gasteiger partial charge on any atom is 0.130 e. The number of hydrogen-bond donors (Lipinski definition) is 2. The van der Waals surface area contributed by atoms with Crippen LogP contribution < -0.4 is 6.15 Å². The minimum Gasteiger partial charge on any atom is -0.344 e. The quantitative estimate of drug-likeness (QED) is 0.258. The van der Waals surface area contributed by atoms with E-state index in [2.05, 4.69) is 12.6 Å². The number of nitriles is 1. The third-order valence-corrected chi connectivity index (χ3v) is 0. The molecule has 0 atom stereocenters. The fourth-order valence-corrected chi connectivity index (χ4v) is 0. The van der Waals surface area contributed by atoms with Gasteiger partial charge in [-0.25, -0.2) is 0 Å². The largest absolute Gasteiger partial charge is 0.344 e. The second kappa shape index (κ2) is 21.4.